The summed E-state index contributed by atoms with van der Waals surface area (Å²) < 4.78 is 0. The molecule has 6 nitrogen and oxygen atoms in total. The van der Waals surface area contributed by atoms with Gasteiger partial charge in [0.25, 0.3) is 0 Å². The summed E-state index contributed by atoms with van der Waals surface area (Å²) in [4.78, 5) is 23.6. The standard InChI is InChI=1S/C15H24N4O2/c1-10(2)12-9-13(19-18-12)17-14(20)7-8-16-15(21)11-5-3-4-6-11/h9-11H,3-8H2,1-2H3,(H,16,21)(H2,17,18,19,20). The van der Waals surface area contributed by atoms with E-state index < -0.39 is 0 Å². The van der Waals surface area contributed by atoms with Crippen molar-refractivity contribution in [3.63, 3.8) is 0 Å². The van der Waals surface area contributed by atoms with Crippen LogP contribution in [0.1, 0.15) is 57.6 Å². The summed E-state index contributed by atoms with van der Waals surface area (Å²) >= 11 is 0. The van der Waals surface area contributed by atoms with Crippen LogP contribution in [0.15, 0.2) is 6.07 Å². The summed E-state index contributed by atoms with van der Waals surface area (Å²) in [6.07, 6.45) is 4.49. The molecule has 0 aromatic carbocycles. The van der Waals surface area contributed by atoms with Crippen LogP contribution in [-0.4, -0.2) is 28.6 Å². The van der Waals surface area contributed by atoms with Gasteiger partial charge in [0.05, 0.1) is 0 Å². The SMILES string of the molecule is CC(C)c1cc(NC(=O)CCNC(=O)C2CCCC2)n[nH]1. The molecule has 1 aromatic heterocycles. The first kappa shape index (κ1) is 15.5. The highest BCUT2D eigenvalue weighted by Crippen LogP contribution is 2.24. The second-order valence-electron chi connectivity index (χ2n) is 5.93. The average Bonchev–Trinajstić information content (AvgIpc) is 3.09. The Morgan fingerprint density at radius 2 is 2.10 bits per heavy atom. The zero-order valence-electron chi connectivity index (χ0n) is 12.7. The van der Waals surface area contributed by atoms with Crippen LogP contribution in [0.2, 0.25) is 0 Å². The van der Waals surface area contributed by atoms with E-state index >= 15 is 0 Å². The Morgan fingerprint density at radius 3 is 2.71 bits per heavy atom. The van der Waals surface area contributed by atoms with Crippen molar-refractivity contribution in [2.24, 2.45) is 5.92 Å². The summed E-state index contributed by atoms with van der Waals surface area (Å²) in [6, 6.07) is 1.83. The highest BCUT2D eigenvalue weighted by Gasteiger charge is 2.22. The monoisotopic (exact) mass is 292 g/mol. The molecule has 1 aliphatic carbocycles. The van der Waals surface area contributed by atoms with Gasteiger partial charge in [-0.1, -0.05) is 26.7 Å². The lowest BCUT2D eigenvalue weighted by atomic mass is 10.1. The highest BCUT2D eigenvalue weighted by molar-refractivity contribution is 5.90. The van der Waals surface area contributed by atoms with Crippen molar-refractivity contribution in [3.8, 4) is 0 Å². The number of hydrogen-bond acceptors (Lipinski definition) is 3. The van der Waals surface area contributed by atoms with Gasteiger partial charge < -0.3 is 10.6 Å². The molecule has 0 atom stereocenters. The van der Waals surface area contributed by atoms with E-state index in [0.717, 1.165) is 31.4 Å². The van der Waals surface area contributed by atoms with Gasteiger partial charge in [0, 0.05) is 30.6 Å². The lowest BCUT2D eigenvalue weighted by Gasteiger charge is -2.09. The van der Waals surface area contributed by atoms with Gasteiger partial charge in [-0.2, -0.15) is 5.10 Å². The van der Waals surface area contributed by atoms with Gasteiger partial charge in [-0.3, -0.25) is 14.7 Å². The smallest absolute Gasteiger partial charge is 0.227 e. The van der Waals surface area contributed by atoms with Gasteiger partial charge in [-0.05, 0) is 18.8 Å². The molecule has 1 heterocycles. The zero-order valence-corrected chi connectivity index (χ0v) is 12.7. The van der Waals surface area contributed by atoms with Crippen LogP contribution in [0.3, 0.4) is 0 Å². The van der Waals surface area contributed by atoms with Crippen molar-refractivity contribution in [1.82, 2.24) is 15.5 Å². The number of rotatable bonds is 6. The van der Waals surface area contributed by atoms with E-state index in [9.17, 15) is 9.59 Å². The Hall–Kier alpha value is -1.85. The first-order valence-electron chi connectivity index (χ1n) is 7.69. The van der Waals surface area contributed by atoms with Gasteiger partial charge in [0.15, 0.2) is 5.82 Å². The molecular weight excluding hydrogens is 268 g/mol. The fourth-order valence-corrected chi connectivity index (χ4v) is 2.53. The lowest BCUT2D eigenvalue weighted by Crippen LogP contribution is -2.32. The Morgan fingerprint density at radius 1 is 1.38 bits per heavy atom. The number of carbonyl (C=O) groups excluding carboxylic acids is 2. The van der Waals surface area contributed by atoms with E-state index in [-0.39, 0.29) is 24.2 Å². The fourth-order valence-electron chi connectivity index (χ4n) is 2.53. The van der Waals surface area contributed by atoms with E-state index in [1.165, 1.54) is 0 Å². The molecule has 1 saturated carbocycles. The molecule has 3 N–H and O–H groups in total. The third-order valence-corrected chi connectivity index (χ3v) is 3.86. The van der Waals surface area contributed by atoms with Crippen molar-refractivity contribution in [3.05, 3.63) is 11.8 Å². The van der Waals surface area contributed by atoms with E-state index in [0.29, 0.717) is 18.3 Å². The van der Waals surface area contributed by atoms with Crippen molar-refractivity contribution >= 4 is 17.6 Å². The molecule has 0 unspecified atom stereocenters. The molecule has 0 spiro atoms. The summed E-state index contributed by atoms with van der Waals surface area (Å²) in [5, 5.41) is 12.5. The Kier molecular flexibility index (Phi) is 5.36. The Bertz CT molecular complexity index is 490. The van der Waals surface area contributed by atoms with E-state index in [1.54, 1.807) is 0 Å². The molecule has 1 aliphatic rings. The predicted octanol–water partition coefficient (Wildman–Crippen LogP) is 2.17. The maximum Gasteiger partial charge on any atom is 0.227 e. The molecule has 0 bridgehead atoms. The van der Waals surface area contributed by atoms with Gasteiger partial charge in [0.1, 0.15) is 0 Å². The molecule has 1 aromatic rings. The zero-order chi connectivity index (χ0) is 15.2. The Balaban J connectivity index is 1.68. The number of amides is 2. The topological polar surface area (TPSA) is 86.9 Å². The predicted molar refractivity (Wildman–Crippen MR) is 80.9 cm³/mol. The van der Waals surface area contributed by atoms with Crippen LogP contribution < -0.4 is 10.6 Å². The third kappa shape index (κ3) is 4.58. The van der Waals surface area contributed by atoms with Crippen LogP contribution in [0, 0.1) is 5.92 Å². The first-order chi connectivity index (χ1) is 10.1. The molecular formula is C15H24N4O2. The molecule has 2 rings (SSSR count). The molecule has 0 saturated heterocycles. The fraction of sp³-hybridized carbons (Fsp3) is 0.667. The maximum absolute atomic E-state index is 11.8. The average molecular weight is 292 g/mol. The number of aromatic nitrogens is 2. The van der Waals surface area contributed by atoms with Crippen LogP contribution in [-0.2, 0) is 9.59 Å². The van der Waals surface area contributed by atoms with Crippen LogP contribution >= 0.6 is 0 Å². The third-order valence-electron chi connectivity index (χ3n) is 3.86. The number of aromatic amines is 1. The van der Waals surface area contributed by atoms with Crippen molar-refractivity contribution in [1.29, 1.82) is 0 Å². The van der Waals surface area contributed by atoms with Crippen LogP contribution in [0.4, 0.5) is 5.82 Å². The molecule has 21 heavy (non-hydrogen) atoms. The first-order valence-corrected chi connectivity index (χ1v) is 7.69. The maximum atomic E-state index is 11.8. The molecule has 116 valence electrons. The minimum atomic E-state index is -0.136. The number of nitrogens with zero attached hydrogens (tertiary/aromatic N) is 1. The minimum absolute atomic E-state index is 0.0853. The van der Waals surface area contributed by atoms with E-state index in [1.807, 2.05) is 6.07 Å². The van der Waals surface area contributed by atoms with Crippen LogP contribution in [0.25, 0.3) is 0 Å². The minimum Gasteiger partial charge on any atom is -0.355 e. The van der Waals surface area contributed by atoms with Gasteiger partial charge in [-0.15, -0.1) is 0 Å². The molecule has 0 radical (unpaired) electrons. The number of hydrogen-bond donors (Lipinski definition) is 3. The van der Waals surface area contributed by atoms with Gasteiger partial charge in [0.2, 0.25) is 11.8 Å². The largest absolute Gasteiger partial charge is 0.355 e. The summed E-state index contributed by atoms with van der Waals surface area (Å²) in [5.41, 5.74) is 0.986. The number of anilines is 1. The van der Waals surface area contributed by atoms with Crippen molar-refractivity contribution in [2.45, 2.75) is 51.9 Å². The molecule has 0 aliphatic heterocycles. The van der Waals surface area contributed by atoms with E-state index in [4.69, 9.17) is 0 Å². The van der Waals surface area contributed by atoms with Gasteiger partial charge in [-0.25, -0.2) is 0 Å². The Labute approximate surface area is 125 Å². The summed E-state index contributed by atoms with van der Waals surface area (Å²) in [5.74, 6) is 0.971. The molecule has 2 amide bonds. The highest BCUT2D eigenvalue weighted by atomic mass is 16.2. The number of H-pyrrole nitrogens is 1. The normalized spacial score (nSPS) is 15.4. The van der Waals surface area contributed by atoms with Crippen molar-refractivity contribution < 1.29 is 9.59 Å². The quantitative estimate of drug-likeness (QED) is 0.751. The molecule has 1 fully saturated rings. The number of nitrogens with one attached hydrogen (secondary N) is 3. The second-order valence-corrected chi connectivity index (χ2v) is 5.93. The molecule has 6 heteroatoms. The summed E-state index contributed by atoms with van der Waals surface area (Å²) in [6.45, 7) is 4.48. The number of carbonyl (C=O) groups is 2. The van der Waals surface area contributed by atoms with E-state index in [2.05, 4.69) is 34.7 Å². The second kappa shape index (κ2) is 7.24. The lowest BCUT2D eigenvalue weighted by molar-refractivity contribution is -0.124. The van der Waals surface area contributed by atoms with Crippen molar-refractivity contribution in [2.75, 3.05) is 11.9 Å². The van der Waals surface area contributed by atoms with Gasteiger partial charge >= 0.3 is 0 Å². The summed E-state index contributed by atoms with van der Waals surface area (Å²) in [7, 11) is 0. The van der Waals surface area contributed by atoms with Crippen LogP contribution in [0.5, 0.6) is 0 Å².